The summed E-state index contributed by atoms with van der Waals surface area (Å²) in [5.74, 6) is 1.11. The number of ether oxygens (including phenoxy) is 1. The molecule has 1 unspecified atom stereocenters. The van der Waals surface area contributed by atoms with Crippen LogP contribution < -0.4 is 14.8 Å². The highest BCUT2D eigenvalue weighted by Crippen LogP contribution is 2.31. The Balaban J connectivity index is 1.54. The summed E-state index contributed by atoms with van der Waals surface area (Å²) in [4.78, 5) is 0.964. The van der Waals surface area contributed by atoms with Crippen LogP contribution in [-0.2, 0) is 0 Å². The van der Waals surface area contributed by atoms with Crippen LogP contribution in [0.5, 0.6) is 5.75 Å². The van der Waals surface area contributed by atoms with Gasteiger partial charge in [0.1, 0.15) is 23.4 Å². The molecule has 180 valence electrons. The van der Waals surface area contributed by atoms with Crippen LogP contribution in [0.15, 0.2) is 82.2 Å². The number of hydrogen-bond acceptors (Lipinski definition) is 7. The summed E-state index contributed by atoms with van der Waals surface area (Å²) in [6.45, 7) is 5.86. The van der Waals surface area contributed by atoms with Crippen LogP contribution in [-0.4, -0.2) is 17.4 Å². The normalized spacial score (nSPS) is 12.7. The maximum Gasteiger partial charge on any atom is 0.148 e. The Morgan fingerprint density at radius 1 is 1.06 bits per heavy atom. The Labute approximate surface area is 208 Å². The molecule has 1 aromatic heterocycles. The molecule has 0 amide bonds. The highest BCUT2D eigenvalue weighted by Gasteiger charge is 2.23. The number of nitrogens with zero attached hydrogens (tertiary/aromatic N) is 1. The van der Waals surface area contributed by atoms with Gasteiger partial charge in [0.15, 0.2) is 0 Å². The predicted octanol–water partition coefficient (Wildman–Crippen LogP) is 6.98. The number of aryl methyl sites for hydroxylation is 2. The topological polar surface area (TPSA) is 83.2 Å². The second kappa shape index (κ2) is 11.2. The van der Waals surface area contributed by atoms with E-state index >= 15 is 0 Å². The molecular weight excluding hydrogens is 463 g/mol. The fourth-order valence-electron chi connectivity index (χ4n) is 3.62. The molecule has 2 atom stereocenters. The zero-order valence-corrected chi connectivity index (χ0v) is 20.5. The first-order chi connectivity index (χ1) is 16.9. The number of anilines is 2. The van der Waals surface area contributed by atoms with Gasteiger partial charge in [0.2, 0.25) is 0 Å². The molecule has 0 saturated carbocycles. The SMILES string of the molecule is Cc1noc(C)c1SNC(C)[C@H](Oc1ccc(Nc2ccc(F)cc2)c(C=N)c1)c1ccccc1. The Bertz CT molecular complexity index is 1260. The highest BCUT2D eigenvalue weighted by molar-refractivity contribution is 7.97. The third kappa shape index (κ3) is 6.09. The lowest BCUT2D eigenvalue weighted by Crippen LogP contribution is -2.31. The van der Waals surface area contributed by atoms with Crippen LogP contribution >= 0.6 is 11.9 Å². The van der Waals surface area contributed by atoms with Gasteiger partial charge < -0.3 is 20.0 Å². The lowest BCUT2D eigenvalue weighted by Gasteiger charge is -2.26. The maximum absolute atomic E-state index is 13.2. The molecule has 0 radical (unpaired) electrons. The van der Waals surface area contributed by atoms with E-state index in [-0.39, 0.29) is 18.0 Å². The van der Waals surface area contributed by atoms with Crippen molar-refractivity contribution in [2.45, 2.75) is 37.8 Å². The smallest absolute Gasteiger partial charge is 0.148 e. The Hall–Kier alpha value is -3.62. The van der Waals surface area contributed by atoms with E-state index in [1.54, 1.807) is 12.1 Å². The summed E-state index contributed by atoms with van der Waals surface area (Å²) in [5.41, 5.74) is 3.99. The number of hydrogen-bond donors (Lipinski definition) is 3. The lowest BCUT2D eigenvalue weighted by molar-refractivity contribution is 0.174. The maximum atomic E-state index is 13.2. The molecule has 8 heteroatoms. The molecular formula is C27H27FN4O2S. The summed E-state index contributed by atoms with van der Waals surface area (Å²) in [5, 5.41) is 15.1. The van der Waals surface area contributed by atoms with Crippen molar-refractivity contribution in [3.63, 3.8) is 0 Å². The van der Waals surface area contributed by atoms with Crippen LogP contribution in [0, 0.1) is 25.1 Å². The van der Waals surface area contributed by atoms with Gasteiger partial charge in [-0.25, -0.2) is 4.39 Å². The first kappa shape index (κ1) is 24.5. The minimum atomic E-state index is -0.297. The van der Waals surface area contributed by atoms with Crippen LogP contribution in [0.1, 0.15) is 35.6 Å². The monoisotopic (exact) mass is 490 g/mol. The van der Waals surface area contributed by atoms with E-state index < -0.39 is 0 Å². The van der Waals surface area contributed by atoms with Gasteiger partial charge in [-0.15, -0.1) is 0 Å². The number of nitrogens with one attached hydrogen (secondary N) is 3. The first-order valence-electron chi connectivity index (χ1n) is 11.2. The molecule has 0 bridgehead atoms. The van der Waals surface area contributed by atoms with Crippen molar-refractivity contribution in [3.05, 3.63) is 101 Å². The number of benzene rings is 3. The van der Waals surface area contributed by atoms with E-state index in [4.69, 9.17) is 14.7 Å². The van der Waals surface area contributed by atoms with Crippen LogP contribution in [0.25, 0.3) is 0 Å². The third-order valence-corrected chi connectivity index (χ3v) is 6.74. The van der Waals surface area contributed by atoms with Crippen molar-refractivity contribution in [2.24, 2.45) is 0 Å². The van der Waals surface area contributed by atoms with Gasteiger partial charge in [0.05, 0.1) is 16.6 Å². The van der Waals surface area contributed by atoms with E-state index in [1.807, 2.05) is 62.4 Å². The molecule has 0 aliphatic carbocycles. The van der Waals surface area contributed by atoms with Gasteiger partial charge >= 0.3 is 0 Å². The van der Waals surface area contributed by atoms with E-state index in [9.17, 15) is 4.39 Å². The number of halogens is 1. The second-order valence-corrected chi connectivity index (χ2v) is 8.98. The van der Waals surface area contributed by atoms with Crippen molar-refractivity contribution >= 4 is 29.5 Å². The summed E-state index contributed by atoms with van der Waals surface area (Å²) in [6, 6.07) is 21.6. The summed E-state index contributed by atoms with van der Waals surface area (Å²) >= 11 is 1.48. The van der Waals surface area contributed by atoms with Crippen LogP contribution in [0.3, 0.4) is 0 Å². The van der Waals surface area contributed by atoms with E-state index in [2.05, 4.69) is 22.1 Å². The largest absolute Gasteiger partial charge is 0.484 e. The van der Waals surface area contributed by atoms with Crippen LogP contribution in [0.4, 0.5) is 15.8 Å². The van der Waals surface area contributed by atoms with Crippen molar-refractivity contribution in [1.82, 2.24) is 9.88 Å². The summed E-state index contributed by atoms with van der Waals surface area (Å²) in [6.07, 6.45) is 0.976. The zero-order chi connectivity index (χ0) is 24.8. The Kier molecular flexibility index (Phi) is 7.84. The summed E-state index contributed by atoms with van der Waals surface area (Å²) < 4.78 is 28.4. The van der Waals surface area contributed by atoms with Crippen LogP contribution in [0.2, 0.25) is 0 Å². The first-order valence-corrected chi connectivity index (χ1v) is 12.0. The van der Waals surface area contributed by atoms with E-state index in [0.717, 1.165) is 33.3 Å². The highest BCUT2D eigenvalue weighted by atomic mass is 32.2. The molecule has 0 fully saturated rings. The van der Waals surface area contributed by atoms with Gasteiger partial charge in [0.25, 0.3) is 0 Å². The van der Waals surface area contributed by atoms with Crippen molar-refractivity contribution in [3.8, 4) is 5.75 Å². The average molecular weight is 491 g/mol. The molecule has 3 aromatic carbocycles. The zero-order valence-electron chi connectivity index (χ0n) is 19.7. The molecule has 0 aliphatic rings. The van der Waals surface area contributed by atoms with E-state index in [1.165, 1.54) is 30.3 Å². The molecule has 0 aliphatic heterocycles. The minimum Gasteiger partial charge on any atom is -0.484 e. The van der Waals surface area contributed by atoms with Crippen molar-refractivity contribution in [2.75, 3.05) is 5.32 Å². The predicted molar refractivity (Wildman–Crippen MR) is 138 cm³/mol. The van der Waals surface area contributed by atoms with Gasteiger partial charge in [-0.05, 0) is 80.7 Å². The third-order valence-electron chi connectivity index (χ3n) is 5.46. The van der Waals surface area contributed by atoms with E-state index in [0.29, 0.717) is 11.3 Å². The van der Waals surface area contributed by atoms with Gasteiger partial charge in [0, 0.05) is 23.2 Å². The fourth-order valence-corrected chi connectivity index (χ4v) is 4.41. The minimum absolute atomic E-state index is 0.0726. The second-order valence-electron chi connectivity index (χ2n) is 8.14. The standard InChI is InChI=1S/C27H27FN4O2S/c1-17(32-35-27-18(2)31-34-19(27)3)26(20-7-5-4-6-8-20)33-24-13-14-25(21(15-24)16-29)30-23-11-9-22(28)10-12-23/h4-17,26,29-30,32H,1-3H3/t17?,26-/m0/s1. The molecule has 4 aromatic rings. The summed E-state index contributed by atoms with van der Waals surface area (Å²) in [7, 11) is 0. The molecule has 35 heavy (non-hydrogen) atoms. The number of aromatic nitrogens is 1. The molecule has 0 spiro atoms. The Morgan fingerprint density at radius 2 is 1.80 bits per heavy atom. The fraction of sp³-hybridized carbons (Fsp3) is 0.185. The van der Waals surface area contributed by atoms with Crippen molar-refractivity contribution < 1.29 is 13.7 Å². The average Bonchev–Trinajstić information content (AvgIpc) is 3.20. The molecule has 6 nitrogen and oxygen atoms in total. The molecule has 4 rings (SSSR count). The molecule has 0 saturated heterocycles. The van der Waals surface area contributed by atoms with Crippen molar-refractivity contribution in [1.29, 1.82) is 5.41 Å². The van der Waals surface area contributed by atoms with Gasteiger partial charge in [-0.3, -0.25) is 4.72 Å². The lowest BCUT2D eigenvalue weighted by atomic mass is 10.0. The molecule has 3 N–H and O–H groups in total. The number of rotatable bonds is 10. The molecule has 1 heterocycles. The Morgan fingerprint density at radius 3 is 2.46 bits per heavy atom. The quantitative estimate of drug-likeness (QED) is 0.164. The van der Waals surface area contributed by atoms with Gasteiger partial charge in [-0.2, -0.15) is 0 Å². The van der Waals surface area contributed by atoms with Gasteiger partial charge in [-0.1, -0.05) is 35.5 Å².